The zero-order valence-corrected chi connectivity index (χ0v) is 8.38. The fourth-order valence-corrected chi connectivity index (χ4v) is 1.18. The van der Waals surface area contributed by atoms with Gasteiger partial charge in [0.15, 0.2) is 5.78 Å². The average Bonchev–Trinajstić information content (AvgIpc) is 2.16. The monoisotopic (exact) mass is 216 g/mol. The Balaban J connectivity index is 3.03. The molecule has 1 aromatic rings. The van der Waals surface area contributed by atoms with Crippen molar-refractivity contribution in [3.05, 3.63) is 35.1 Å². The number of alkyl halides is 1. The number of Topliss-reactive ketones (excluding diaryl/α,β-unsaturated/α-hetero) is 1. The Morgan fingerprint density at radius 2 is 2.29 bits per heavy atom. The lowest BCUT2D eigenvalue weighted by Crippen LogP contribution is -2.11. The molecule has 2 nitrogen and oxygen atoms in total. The van der Waals surface area contributed by atoms with Crippen LogP contribution < -0.4 is 0 Å². The van der Waals surface area contributed by atoms with Crippen molar-refractivity contribution < 1.29 is 14.3 Å². The fraction of sp³-hybridized carbons (Fsp3) is 0.300. The van der Waals surface area contributed by atoms with Crippen LogP contribution in [0.2, 0.25) is 0 Å². The van der Waals surface area contributed by atoms with Crippen LogP contribution >= 0.6 is 11.6 Å². The Hall–Kier alpha value is -0.930. The molecular weight excluding hydrogens is 207 g/mol. The summed E-state index contributed by atoms with van der Waals surface area (Å²) in [6.45, 7) is 1.15. The summed E-state index contributed by atoms with van der Waals surface area (Å²) in [4.78, 5) is 11.3. The number of hydrogen-bond acceptors (Lipinski definition) is 2. The molecule has 0 fully saturated rings. The molecule has 14 heavy (non-hydrogen) atoms. The van der Waals surface area contributed by atoms with Crippen LogP contribution in [0, 0.1) is 5.82 Å². The molecule has 0 heterocycles. The zero-order chi connectivity index (χ0) is 10.7. The van der Waals surface area contributed by atoms with E-state index in [1.54, 1.807) is 0 Å². The second-order valence-corrected chi connectivity index (χ2v) is 3.60. The SMILES string of the molecule is CC(Cl)C(=O)c1ccc(CO)c(F)c1. The van der Waals surface area contributed by atoms with Crippen LogP contribution in [0.15, 0.2) is 18.2 Å². The molecule has 0 amide bonds. The van der Waals surface area contributed by atoms with Gasteiger partial charge < -0.3 is 5.11 Å². The highest BCUT2D eigenvalue weighted by Gasteiger charge is 2.13. The maximum atomic E-state index is 13.1. The molecule has 76 valence electrons. The number of carbonyl (C=O) groups excluding carboxylic acids is 1. The molecule has 1 rings (SSSR count). The smallest absolute Gasteiger partial charge is 0.180 e. The summed E-state index contributed by atoms with van der Waals surface area (Å²) in [6.07, 6.45) is 0. The van der Waals surface area contributed by atoms with Gasteiger partial charge in [0.05, 0.1) is 12.0 Å². The van der Waals surface area contributed by atoms with Crippen molar-refractivity contribution in [2.75, 3.05) is 0 Å². The van der Waals surface area contributed by atoms with Gasteiger partial charge in [-0.25, -0.2) is 4.39 Å². The highest BCUT2D eigenvalue weighted by Crippen LogP contribution is 2.13. The average molecular weight is 217 g/mol. The highest BCUT2D eigenvalue weighted by atomic mass is 35.5. The van der Waals surface area contributed by atoms with Gasteiger partial charge in [0.25, 0.3) is 0 Å². The van der Waals surface area contributed by atoms with E-state index >= 15 is 0 Å². The van der Waals surface area contributed by atoms with Crippen molar-refractivity contribution in [1.29, 1.82) is 0 Å². The topological polar surface area (TPSA) is 37.3 Å². The highest BCUT2D eigenvalue weighted by molar-refractivity contribution is 6.33. The van der Waals surface area contributed by atoms with E-state index in [9.17, 15) is 9.18 Å². The summed E-state index contributed by atoms with van der Waals surface area (Å²) in [6, 6.07) is 3.92. The third-order valence-electron chi connectivity index (χ3n) is 1.87. The van der Waals surface area contributed by atoms with Crippen molar-refractivity contribution in [3.8, 4) is 0 Å². The molecular formula is C10H10ClFO2. The number of carbonyl (C=O) groups is 1. The Kier molecular flexibility index (Phi) is 3.61. The summed E-state index contributed by atoms with van der Waals surface area (Å²) in [5.74, 6) is -0.911. The number of benzene rings is 1. The predicted octanol–water partition coefficient (Wildman–Crippen LogP) is 2.13. The minimum Gasteiger partial charge on any atom is -0.392 e. The predicted molar refractivity (Wildman–Crippen MR) is 52.0 cm³/mol. The van der Waals surface area contributed by atoms with E-state index < -0.39 is 11.2 Å². The summed E-state index contributed by atoms with van der Waals surface area (Å²) < 4.78 is 13.1. The normalized spacial score (nSPS) is 12.6. The molecule has 1 aromatic carbocycles. The van der Waals surface area contributed by atoms with Crippen molar-refractivity contribution in [2.24, 2.45) is 0 Å². The molecule has 0 spiro atoms. The Morgan fingerprint density at radius 3 is 2.71 bits per heavy atom. The van der Waals surface area contributed by atoms with Gasteiger partial charge in [-0.1, -0.05) is 12.1 Å². The van der Waals surface area contributed by atoms with Gasteiger partial charge in [0, 0.05) is 11.1 Å². The summed E-state index contributed by atoms with van der Waals surface area (Å²) in [7, 11) is 0. The first-order valence-corrected chi connectivity index (χ1v) is 4.57. The van der Waals surface area contributed by atoms with Crippen molar-refractivity contribution >= 4 is 17.4 Å². The van der Waals surface area contributed by atoms with E-state index in [1.807, 2.05) is 0 Å². The third kappa shape index (κ3) is 2.30. The van der Waals surface area contributed by atoms with E-state index in [4.69, 9.17) is 16.7 Å². The van der Waals surface area contributed by atoms with E-state index in [1.165, 1.54) is 19.1 Å². The molecule has 4 heteroatoms. The molecule has 0 radical (unpaired) electrons. The molecule has 0 aliphatic carbocycles. The lowest BCUT2D eigenvalue weighted by Gasteiger charge is -2.04. The van der Waals surface area contributed by atoms with E-state index in [0.717, 1.165) is 6.07 Å². The Labute approximate surface area is 86.3 Å². The van der Waals surface area contributed by atoms with E-state index in [-0.39, 0.29) is 23.5 Å². The van der Waals surface area contributed by atoms with Crippen LogP contribution in [-0.2, 0) is 6.61 Å². The maximum Gasteiger partial charge on any atom is 0.180 e. The lowest BCUT2D eigenvalue weighted by atomic mass is 10.1. The molecule has 1 unspecified atom stereocenters. The molecule has 0 aliphatic rings. The van der Waals surface area contributed by atoms with Crippen molar-refractivity contribution in [1.82, 2.24) is 0 Å². The van der Waals surface area contributed by atoms with Crippen LogP contribution in [0.5, 0.6) is 0 Å². The molecule has 1 atom stereocenters. The molecule has 1 N–H and O–H groups in total. The first-order chi connectivity index (χ1) is 6.56. The molecule has 0 saturated carbocycles. The number of hydrogen-bond donors (Lipinski definition) is 1. The lowest BCUT2D eigenvalue weighted by molar-refractivity contribution is 0.0991. The van der Waals surface area contributed by atoms with Crippen molar-refractivity contribution in [2.45, 2.75) is 18.9 Å². The van der Waals surface area contributed by atoms with E-state index in [2.05, 4.69) is 0 Å². The molecule has 0 aliphatic heterocycles. The van der Waals surface area contributed by atoms with Gasteiger partial charge in [-0.05, 0) is 13.0 Å². The van der Waals surface area contributed by atoms with Crippen LogP contribution in [0.4, 0.5) is 4.39 Å². The number of ketones is 1. The van der Waals surface area contributed by atoms with Gasteiger partial charge in [-0.15, -0.1) is 11.6 Å². The number of rotatable bonds is 3. The first kappa shape index (κ1) is 11.1. The van der Waals surface area contributed by atoms with Gasteiger partial charge in [-0.2, -0.15) is 0 Å². The molecule has 0 saturated heterocycles. The Morgan fingerprint density at radius 1 is 1.64 bits per heavy atom. The van der Waals surface area contributed by atoms with Crippen molar-refractivity contribution in [3.63, 3.8) is 0 Å². The molecule has 0 bridgehead atoms. The van der Waals surface area contributed by atoms with Crippen LogP contribution in [-0.4, -0.2) is 16.3 Å². The first-order valence-electron chi connectivity index (χ1n) is 4.14. The summed E-state index contributed by atoms with van der Waals surface area (Å²) in [5.41, 5.74) is 0.394. The zero-order valence-electron chi connectivity index (χ0n) is 7.63. The standard InChI is InChI=1S/C10H10ClFO2/c1-6(11)10(14)7-2-3-8(5-13)9(12)4-7/h2-4,6,13H,5H2,1H3. The van der Waals surface area contributed by atoms with Gasteiger partial charge in [0.1, 0.15) is 5.82 Å². The summed E-state index contributed by atoms with van der Waals surface area (Å²) in [5, 5.41) is 8.03. The van der Waals surface area contributed by atoms with Crippen LogP contribution in [0.1, 0.15) is 22.8 Å². The second kappa shape index (κ2) is 4.53. The fourth-order valence-electron chi connectivity index (χ4n) is 1.06. The van der Waals surface area contributed by atoms with Gasteiger partial charge >= 0.3 is 0 Å². The second-order valence-electron chi connectivity index (χ2n) is 2.94. The summed E-state index contributed by atoms with van der Waals surface area (Å²) >= 11 is 5.57. The minimum atomic E-state index is -0.672. The van der Waals surface area contributed by atoms with Gasteiger partial charge in [-0.3, -0.25) is 4.79 Å². The number of halogens is 2. The Bertz CT molecular complexity index is 350. The van der Waals surface area contributed by atoms with E-state index in [0.29, 0.717) is 0 Å². The minimum absolute atomic E-state index is 0.170. The molecule has 0 aromatic heterocycles. The maximum absolute atomic E-state index is 13.1. The number of aliphatic hydroxyl groups excluding tert-OH is 1. The van der Waals surface area contributed by atoms with Crippen LogP contribution in [0.3, 0.4) is 0 Å². The van der Waals surface area contributed by atoms with Gasteiger partial charge in [0.2, 0.25) is 0 Å². The third-order valence-corrected chi connectivity index (χ3v) is 2.07. The quantitative estimate of drug-likeness (QED) is 0.621. The largest absolute Gasteiger partial charge is 0.392 e. The van der Waals surface area contributed by atoms with Crippen LogP contribution in [0.25, 0.3) is 0 Å². The number of aliphatic hydroxyl groups is 1.